The van der Waals surface area contributed by atoms with E-state index >= 15 is 0 Å². The summed E-state index contributed by atoms with van der Waals surface area (Å²) in [6.07, 6.45) is 1.15. The van der Waals surface area contributed by atoms with Crippen molar-refractivity contribution in [2.75, 3.05) is 0 Å². The highest BCUT2D eigenvalue weighted by Gasteiger charge is 2.13. The Morgan fingerprint density at radius 1 is 1.33 bits per heavy atom. The third kappa shape index (κ3) is 4.13. The van der Waals surface area contributed by atoms with Crippen molar-refractivity contribution in [3.05, 3.63) is 33.8 Å². The summed E-state index contributed by atoms with van der Waals surface area (Å²) in [6, 6.07) is 5.33. The molecule has 0 aromatic heterocycles. The Labute approximate surface area is 108 Å². The van der Waals surface area contributed by atoms with Crippen LogP contribution in [0.1, 0.15) is 18.9 Å². The lowest BCUT2D eigenvalue weighted by molar-refractivity contribution is -0.118. The molecular weight excluding hydrogens is 299 g/mol. The molecule has 1 aromatic rings. The molecule has 0 aliphatic heterocycles. The molecular formula is C11H11BrCl2O. The average Bonchev–Trinajstić information content (AvgIpc) is 2.14. The molecule has 82 valence electrons. The highest BCUT2D eigenvalue weighted by atomic mass is 79.9. The van der Waals surface area contributed by atoms with Crippen molar-refractivity contribution in [1.82, 2.24) is 0 Å². The zero-order valence-electron chi connectivity index (χ0n) is 8.27. The lowest BCUT2D eigenvalue weighted by Gasteiger charge is -2.08. The van der Waals surface area contributed by atoms with Gasteiger partial charge < -0.3 is 0 Å². The van der Waals surface area contributed by atoms with E-state index in [9.17, 15) is 4.79 Å². The number of alkyl halides is 1. The van der Waals surface area contributed by atoms with E-state index < -0.39 is 0 Å². The van der Waals surface area contributed by atoms with Gasteiger partial charge in [0, 0.05) is 16.5 Å². The van der Waals surface area contributed by atoms with Gasteiger partial charge in [-0.05, 0) is 30.2 Å². The minimum absolute atomic E-state index is 0.156. The van der Waals surface area contributed by atoms with Gasteiger partial charge in [-0.25, -0.2) is 0 Å². The van der Waals surface area contributed by atoms with E-state index in [-0.39, 0.29) is 10.6 Å². The molecule has 1 aromatic carbocycles. The molecule has 1 nitrogen and oxygen atoms in total. The topological polar surface area (TPSA) is 17.1 Å². The van der Waals surface area contributed by atoms with Crippen LogP contribution in [0.5, 0.6) is 0 Å². The van der Waals surface area contributed by atoms with Gasteiger partial charge in [-0.1, -0.05) is 46.1 Å². The number of halogens is 3. The Kier molecular flexibility index (Phi) is 5.10. The summed E-state index contributed by atoms with van der Waals surface area (Å²) in [7, 11) is 0. The first-order valence-corrected chi connectivity index (χ1v) is 6.32. The Balaban J connectivity index is 2.76. The van der Waals surface area contributed by atoms with Crippen molar-refractivity contribution in [2.24, 2.45) is 0 Å². The molecule has 1 rings (SSSR count). The van der Waals surface area contributed by atoms with Crippen molar-refractivity contribution in [3.63, 3.8) is 0 Å². The number of Topliss-reactive ketones (excluding diaryl/α,β-unsaturated/α-hetero) is 1. The largest absolute Gasteiger partial charge is 0.298 e. The van der Waals surface area contributed by atoms with E-state index in [4.69, 9.17) is 23.2 Å². The molecule has 0 radical (unpaired) electrons. The second-order valence-corrected chi connectivity index (χ2v) is 5.25. The van der Waals surface area contributed by atoms with E-state index in [1.165, 1.54) is 0 Å². The molecule has 15 heavy (non-hydrogen) atoms. The van der Waals surface area contributed by atoms with E-state index in [1.54, 1.807) is 6.07 Å². The van der Waals surface area contributed by atoms with Crippen LogP contribution in [-0.4, -0.2) is 10.6 Å². The Morgan fingerprint density at radius 2 is 1.87 bits per heavy atom. The summed E-state index contributed by atoms with van der Waals surface area (Å²) >= 11 is 15.1. The van der Waals surface area contributed by atoms with Gasteiger partial charge in [-0.2, -0.15) is 0 Å². The molecule has 0 N–H and O–H groups in total. The van der Waals surface area contributed by atoms with E-state index in [0.29, 0.717) is 22.9 Å². The summed E-state index contributed by atoms with van der Waals surface area (Å²) in [5.74, 6) is 0.186. The van der Waals surface area contributed by atoms with Crippen molar-refractivity contribution in [3.8, 4) is 0 Å². The molecule has 0 bridgehead atoms. The van der Waals surface area contributed by atoms with Gasteiger partial charge >= 0.3 is 0 Å². The summed E-state index contributed by atoms with van der Waals surface area (Å²) in [5, 5.41) is 1.20. The van der Waals surface area contributed by atoms with Gasteiger partial charge in [0.25, 0.3) is 0 Å². The quantitative estimate of drug-likeness (QED) is 0.759. The van der Waals surface area contributed by atoms with Crippen LogP contribution in [0.25, 0.3) is 0 Å². The van der Waals surface area contributed by atoms with Crippen LogP contribution in [0.2, 0.25) is 10.0 Å². The van der Waals surface area contributed by atoms with Crippen LogP contribution < -0.4 is 0 Å². The van der Waals surface area contributed by atoms with Crippen molar-refractivity contribution in [1.29, 1.82) is 0 Å². The monoisotopic (exact) mass is 308 g/mol. The zero-order chi connectivity index (χ0) is 11.4. The van der Waals surface area contributed by atoms with Crippen LogP contribution in [0, 0.1) is 0 Å². The third-order valence-corrected chi connectivity index (χ3v) is 3.31. The Bertz CT molecular complexity index is 345. The number of carbonyl (C=O) groups excluding carboxylic acids is 1. The molecule has 0 fully saturated rings. The lowest BCUT2D eigenvalue weighted by Crippen LogP contribution is -2.15. The molecule has 1 atom stereocenters. The lowest BCUT2D eigenvalue weighted by atomic mass is 10.1. The van der Waals surface area contributed by atoms with Gasteiger partial charge in [-0.15, -0.1) is 0 Å². The predicted octanol–water partition coefficient (Wildman–Crippen LogP) is 4.28. The van der Waals surface area contributed by atoms with Crippen LogP contribution >= 0.6 is 39.1 Å². The molecule has 0 aliphatic carbocycles. The molecule has 0 spiro atoms. The fourth-order valence-electron chi connectivity index (χ4n) is 1.27. The fraction of sp³-hybridized carbons (Fsp3) is 0.364. The maximum absolute atomic E-state index is 11.4. The van der Waals surface area contributed by atoms with Gasteiger partial charge in [0.05, 0.1) is 4.83 Å². The summed E-state index contributed by atoms with van der Waals surface area (Å²) in [5.41, 5.74) is 0.969. The number of ketones is 1. The Morgan fingerprint density at radius 3 is 2.33 bits per heavy atom. The van der Waals surface area contributed by atoms with E-state index in [0.717, 1.165) is 5.56 Å². The molecule has 0 saturated carbocycles. The van der Waals surface area contributed by atoms with Gasteiger partial charge in [0.1, 0.15) is 5.78 Å². The van der Waals surface area contributed by atoms with E-state index in [2.05, 4.69) is 15.9 Å². The number of hydrogen-bond donors (Lipinski definition) is 0. The minimum atomic E-state index is -0.156. The molecule has 0 aliphatic rings. The smallest absolute Gasteiger partial charge is 0.146 e. The number of carbonyl (C=O) groups is 1. The van der Waals surface area contributed by atoms with Crippen molar-refractivity contribution >= 4 is 44.9 Å². The first kappa shape index (κ1) is 13.0. The van der Waals surface area contributed by atoms with Crippen LogP contribution in [0.4, 0.5) is 0 Å². The zero-order valence-corrected chi connectivity index (χ0v) is 11.4. The number of rotatable bonds is 4. The summed E-state index contributed by atoms with van der Waals surface area (Å²) in [4.78, 5) is 11.2. The maximum Gasteiger partial charge on any atom is 0.146 e. The van der Waals surface area contributed by atoms with Crippen LogP contribution in [0.3, 0.4) is 0 Å². The van der Waals surface area contributed by atoms with Crippen molar-refractivity contribution in [2.45, 2.75) is 24.6 Å². The minimum Gasteiger partial charge on any atom is -0.298 e. The van der Waals surface area contributed by atoms with Crippen molar-refractivity contribution < 1.29 is 4.79 Å². The second-order valence-electron chi connectivity index (χ2n) is 3.27. The van der Waals surface area contributed by atoms with Gasteiger partial charge in [0.2, 0.25) is 0 Å². The second kappa shape index (κ2) is 5.88. The van der Waals surface area contributed by atoms with Gasteiger partial charge in [-0.3, -0.25) is 4.79 Å². The van der Waals surface area contributed by atoms with Gasteiger partial charge in [0.15, 0.2) is 0 Å². The van der Waals surface area contributed by atoms with Crippen LogP contribution in [0.15, 0.2) is 18.2 Å². The summed E-state index contributed by atoms with van der Waals surface area (Å²) in [6.45, 7) is 1.85. The molecule has 0 heterocycles. The standard InChI is InChI=1S/C11H11BrCl2O/c1-2-11(15)10(12)5-7-3-8(13)6-9(14)4-7/h3-4,6,10H,2,5H2,1H3. The highest BCUT2D eigenvalue weighted by Crippen LogP contribution is 2.21. The fourth-order valence-corrected chi connectivity index (χ4v) is 2.54. The molecule has 0 saturated heterocycles. The third-order valence-electron chi connectivity index (χ3n) is 2.04. The average molecular weight is 310 g/mol. The summed E-state index contributed by atoms with van der Waals surface area (Å²) < 4.78 is 0. The number of benzene rings is 1. The number of hydrogen-bond acceptors (Lipinski definition) is 1. The normalized spacial score (nSPS) is 12.5. The van der Waals surface area contributed by atoms with E-state index in [1.807, 2.05) is 19.1 Å². The Hall–Kier alpha value is -0.0500. The first-order valence-electron chi connectivity index (χ1n) is 4.64. The molecule has 0 amide bonds. The van der Waals surface area contributed by atoms with Crippen LogP contribution in [-0.2, 0) is 11.2 Å². The molecule has 4 heteroatoms. The molecule has 1 unspecified atom stereocenters. The first-order chi connectivity index (χ1) is 7.02. The SMILES string of the molecule is CCC(=O)C(Br)Cc1cc(Cl)cc(Cl)c1. The maximum atomic E-state index is 11.4. The predicted molar refractivity (Wildman–Crippen MR) is 68.2 cm³/mol. The highest BCUT2D eigenvalue weighted by molar-refractivity contribution is 9.10.